The molecule has 2 heterocycles. The molecule has 0 bridgehead atoms. The SMILES string of the molecule is CCCCCCN(C(=O)[C@@H](NC(=O)[C@H]1CCCCN1C)[C@@H](C)CC)[C@H](C[C@@H](OC(=O)NC)c1nc(C(=O)N[C@@H](Cc2ccc(NC)c(F)c2)CC(C)(C)C(=O)O)cs1)C(C)C. The number of ether oxygens (including phenoxy) is 1. The molecule has 1 aromatic carbocycles. The number of carboxylic acids is 1. The number of hydrogen-bond donors (Lipinski definition) is 5. The lowest BCUT2D eigenvalue weighted by atomic mass is 9.84. The zero-order valence-electron chi connectivity index (χ0n) is 38.1. The number of carbonyl (C=O) groups excluding carboxylic acids is 4. The maximum absolute atomic E-state index is 14.9. The van der Waals surface area contributed by atoms with E-state index in [2.05, 4.69) is 38.1 Å². The molecule has 0 radical (unpaired) electrons. The molecule has 342 valence electrons. The largest absolute Gasteiger partial charge is 0.481 e. The highest BCUT2D eigenvalue weighted by Crippen LogP contribution is 2.33. The number of likely N-dealkylation sites (tertiary alicyclic amines) is 1. The Kier molecular flexibility index (Phi) is 20.4. The van der Waals surface area contributed by atoms with Gasteiger partial charge in [-0.25, -0.2) is 14.2 Å². The van der Waals surface area contributed by atoms with Gasteiger partial charge in [0.2, 0.25) is 11.8 Å². The van der Waals surface area contributed by atoms with Gasteiger partial charge in [0.25, 0.3) is 5.91 Å². The Labute approximate surface area is 366 Å². The number of piperidine rings is 1. The third-order valence-electron chi connectivity index (χ3n) is 12.0. The molecule has 3 rings (SSSR count). The molecule has 61 heavy (non-hydrogen) atoms. The fourth-order valence-electron chi connectivity index (χ4n) is 7.88. The lowest BCUT2D eigenvalue weighted by Gasteiger charge is -2.40. The second kappa shape index (κ2) is 24.4. The van der Waals surface area contributed by atoms with Crippen LogP contribution in [-0.2, 0) is 25.5 Å². The molecule has 5 N–H and O–H groups in total. The van der Waals surface area contributed by atoms with Crippen molar-refractivity contribution in [1.29, 1.82) is 0 Å². The first kappa shape index (κ1) is 51.0. The minimum Gasteiger partial charge on any atom is -0.481 e. The molecule has 2 aromatic rings. The number of benzene rings is 1. The quantitative estimate of drug-likeness (QED) is 0.0667. The van der Waals surface area contributed by atoms with Crippen molar-refractivity contribution < 1.29 is 38.2 Å². The average molecular weight is 874 g/mol. The molecule has 1 aliphatic rings. The van der Waals surface area contributed by atoms with E-state index >= 15 is 0 Å². The molecule has 1 aliphatic heterocycles. The number of halogens is 1. The van der Waals surface area contributed by atoms with Gasteiger partial charge in [0.1, 0.15) is 22.6 Å². The second-order valence-electron chi connectivity index (χ2n) is 17.6. The number of anilines is 1. The highest BCUT2D eigenvalue weighted by atomic mass is 32.1. The van der Waals surface area contributed by atoms with E-state index in [4.69, 9.17) is 4.74 Å². The summed E-state index contributed by atoms with van der Waals surface area (Å²) in [5.74, 6) is -2.64. The zero-order chi connectivity index (χ0) is 45.4. The summed E-state index contributed by atoms with van der Waals surface area (Å²) in [6, 6.07) is 2.47. The minimum absolute atomic E-state index is 0.0428. The van der Waals surface area contributed by atoms with Crippen LogP contribution in [0.4, 0.5) is 14.9 Å². The number of carbonyl (C=O) groups is 5. The van der Waals surface area contributed by atoms with E-state index < -0.39 is 53.4 Å². The maximum Gasteiger partial charge on any atom is 0.407 e. The fourth-order valence-corrected chi connectivity index (χ4v) is 8.72. The van der Waals surface area contributed by atoms with Crippen molar-refractivity contribution in [3.05, 3.63) is 45.7 Å². The Bertz CT molecular complexity index is 1760. The number of nitrogens with zero attached hydrogens (tertiary/aromatic N) is 3. The van der Waals surface area contributed by atoms with E-state index in [9.17, 15) is 33.5 Å². The molecule has 1 fully saturated rings. The molecular formula is C45H72FN7O7S. The molecule has 0 spiro atoms. The fraction of sp³-hybridized carbons (Fsp3) is 0.689. The molecule has 16 heteroatoms. The van der Waals surface area contributed by atoms with Crippen molar-refractivity contribution in [2.75, 3.05) is 39.5 Å². The van der Waals surface area contributed by atoms with Crippen molar-refractivity contribution in [2.24, 2.45) is 17.3 Å². The summed E-state index contributed by atoms with van der Waals surface area (Å²) < 4.78 is 20.7. The van der Waals surface area contributed by atoms with Crippen LogP contribution in [0.5, 0.6) is 0 Å². The van der Waals surface area contributed by atoms with E-state index in [1.807, 2.05) is 39.6 Å². The Balaban J connectivity index is 1.98. The monoisotopic (exact) mass is 874 g/mol. The van der Waals surface area contributed by atoms with Crippen molar-refractivity contribution in [3.8, 4) is 0 Å². The van der Waals surface area contributed by atoms with Gasteiger partial charge in [-0.15, -0.1) is 11.3 Å². The van der Waals surface area contributed by atoms with Crippen molar-refractivity contribution in [3.63, 3.8) is 0 Å². The van der Waals surface area contributed by atoms with Crippen LogP contribution in [0.15, 0.2) is 23.6 Å². The van der Waals surface area contributed by atoms with Crippen LogP contribution in [0.1, 0.15) is 140 Å². The molecular weight excluding hydrogens is 802 g/mol. The van der Waals surface area contributed by atoms with Gasteiger partial charge >= 0.3 is 12.1 Å². The van der Waals surface area contributed by atoms with Gasteiger partial charge < -0.3 is 36.0 Å². The van der Waals surface area contributed by atoms with Gasteiger partial charge in [-0.3, -0.25) is 24.1 Å². The summed E-state index contributed by atoms with van der Waals surface area (Å²) in [5.41, 5.74) is -0.283. The second-order valence-corrected chi connectivity index (χ2v) is 18.4. The van der Waals surface area contributed by atoms with Gasteiger partial charge in [0, 0.05) is 44.5 Å². The zero-order valence-corrected chi connectivity index (χ0v) is 38.9. The first-order valence-corrected chi connectivity index (χ1v) is 22.9. The summed E-state index contributed by atoms with van der Waals surface area (Å²) in [4.78, 5) is 76.2. The van der Waals surface area contributed by atoms with E-state index in [0.29, 0.717) is 29.2 Å². The summed E-state index contributed by atoms with van der Waals surface area (Å²) in [7, 11) is 5.01. The topological polar surface area (TPSA) is 182 Å². The van der Waals surface area contributed by atoms with Crippen LogP contribution in [0, 0.1) is 23.1 Å². The predicted molar refractivity (Wildman–Crippen MR) is 238 cm³/mol. The number of aromatic nitrogens is 1. The maximum atomic E-state index is 14.9. The molecule has 0 saturated carbocycles. The summed E-state index contributed by atoms with van der Waals surface area (Å²) >= 11 is 1.14. The van der Waals surface area contributed by atoms with Gasteiger partial charge in [0.15, 0.2) is 6.10 Å². The van der Waals surface area contributed by atoms with Crippen molar-refractivity contribution in [1.82, 2.24) is 30.7 Å². The number of thiazole rings is 1. The number of likely N-dealkylation sites (N-methyl/N-ethyl adjacent to an activating group) is 1. The van der Waals surface area contributed by atoms with Crippen molar-refractivity contribution >= 4 is 46.8 Å². The van der Waals surface area contributed by atoms with Crippen LogP contribution in [0.3, 0.4) is 0 Å². The van der Waals surface area contributed by atoms with Crippen LogP contribution in [-0.4, -0.2) is 108 Å². The van der Waals surface area contributed by atoms with Gasteiger partial charge in [-0.1, -0.05) is 72.8 Å². The van der Waals surface area contributed by atoms with Crippen LogP contribution < -0.4 is 21.3 Å². The third kappa shape index (κ3) is 14.9. The number of carboxylic acid groups (broad SMARTS) is 1. The summed E-state index contributed by atoms with van der Waals surface area (Å²) in [5, 5.41) is 23.2. The number of aliphatic carboxylic acids is 1. The normalized spacial score (nSPS) is 17.1. The van der Waals surface area contributed by atoms with E-state index in [-0.39, 0.29) is 54.6 Å². The molecule has 1 saturated heterocycles. The molecule has 14 nitrogen and oxygen atoms in total. The Morgan fingerprint density at radius 1 is 1.07 bits per heavy atom. The Hall–Kier alpha value is -4.31. The number of rotatable bonds is 24. The minimum atomic E-state index is -1.21. The highest BCUT2D eigenvalue weighted by Gasteiger charge is 2.39. The standard InChI is InChI=1S/C45H72FN7O7S/c1-11-13-14-16-22-53(42(56)38(29(5)12-2)51-40(55)35-18-15-17-21-52(35)10)36(28(3)4)25-37(60-44(59)48-9)41-50-34(27-61-41)39(54)49-31(26-45(6,7)43(57)58)23-30-19-20-33(47-8)32(46)24-30/h19-20,24,27-29,31,35-38,47H,11-18,21-23,25-26H2,1-10H3,(H,48,59)(H,49,54)(H,51,55)(H,57,58)/t29-,31-,35+,36+,37+,38-/m0/s1. The van der Waals surface area contributed by atoms with Gasteiger partial charge in [-0.2, -0.15) is 0 Å². The Morgan fingerprint density at radius 3 is 2.38 bits per heavy atom. The third-order valence-corrected chi connectivity index (χ3v) is 12.9. The average Bonchev–Trinajstić information content (AvgIpc) is 3.72. The van der Waals surface area contributed by atoms with Crippen LogP contribution in [0.25, 0.3) is 0 Å². The number of nitrogens with one attached hydrogen (secondary N) is 4. The molecule has 6 atom stereocenters. The first-order chi connectivity index (χ1) is 28.9. The lowest BCUT2D eigenvalue weighted by molar-refractivity contribution is -0.147. The van der Waals surface area contributed by atoms with Crippen LogP contribution in [0.2, 0.25) is 0 Å². The summed E-state index contributed by atoms with van der Waals surface area (Å²) in [6.07, 6.45) is 5.82. The smallest absolute Gasteiger partial charge is 0.407 e. The number of alkyl carbamates (subject to hydrolysis) is 1. The number of unbranched alkanes of at least 4 members (excludes halogenated alkanes) is 3. The Morgan fingerprint density at radius 2 is 1.79 bits per heavy atom. The highest BCUT2D eigenvalue weighted by molar-refractivity contribution is 7.09. The molecule has 1 aromatic heterocycles. The number of amides is 4. The lowest BCUT2D eigenvalue weighted by Crippen LogP contribution is -2.59. The van der Waals surface area contributed by atoms with E-state index in [0.717, 1.165) is 62.8 Å². The van der Waals surface area contributed by atoms with Crippen LogP contribution >= 0.6 is 11.3 Å². The summed E-state index contributed by atoms with van der Waals surface area (Å²) in [6.45, 7) is 14.5. The first-order valence-electron chi connectivity index (χ1n) is 22.0. The van der Waals surface area contributed by atoms with Gasteiger partial charge in [0.05, 0.1) is 17.1 Å². The van der Waals surface area contributed by atoms with Crippen molar-refractivity contribution in [2.45, 2.75) is 149 Å². The van der Waals surface area contributed by atoms with E-state index in [1.165, 1.54) is 13.1 Å². The van der Waals surface area contributed by atoms with Gasteiger partial charge in [-0.05, 0) is 89.1 Å². The predicted octanol–water partition coefficient (Wildman–Crippen LogP) is 7.40. The van der Waals surface area contributed by atoms with E-state index in [1.54, 1.807) is 38.4 Å². The molecule has 4 amide bonds. The molecule has 0 aliphatic carbocycles. The number of hydrogen-bond acceptors (Lipinski definition) is 10. The molecule has 0 unspecified atom stereocenters.